The van der Waals surface area contributed by atoms with Crippen LogP contribution in [0.3, 0.4) is 0 Å². The van der Waals surface area contributed by atoms with Gasteiger partial charge in [-0.1, -0.05) is 0 Å². The first-order chi connectivity index (χ1) is 13.1. The van der Waals surface area contributed by atoms with E-state index in [1.165, 1.54) is 11.3 Å². The Morgan fingerprint density at radius 3 is 2.70 bits per heavy atom. The molecule has 0 saturated carbocycles. The fourth-order valence-electron chi connectivity index (χ4n) is 2.93. The van der Waals surface area contributed by atoms with Gasteiger partial charge in [0.2, 0.25) is 0 Å². The quantitative estimate of drug-likeness (QED) is 0.297. The number of hydrogen-bond donors (Lipinski definition) is 3. The molecule has 2 amide bonds. The van der Waals surface area contributed by atoms with Crippen molar-refractivity contribution in [3.05, 3.63) is 40.3 Å². The van der Waals surface area contributed by atoms with E-state index in [0.29, 0.717) is 25.6 Å². The number of benzene rings is 1. The number of aromatic nitrogens is 1. The molecule has 27 heavy (non-hydrogen) atoms. The summed E-state index contributed by atoms with van der Waals surface area (Å²) in [4.78, 5) is 17.6. The summed E-state index contributed by atoms with van der Waals surface area (Å²) in [5.41, 5.74) is 6.97. The first-order valence-electron chi connectivity index (χ1n) is 8.55. The van der Waals surface area contributed by atoms with Gasteiger partial charge in [-0.15, -0.1) is 11.3 Å². The van der Waals surface area contributed by atoms with E-state index < -0.39 is 0 Å². The highest BCUT2D eigenvalue weighted by molar-refractivity contribution is 7.09. The number of thiazole rings is 1. The molecular formula is C17H23N7O2S. The van der Waals surface area contributed by atoms with E-state index in [1.807, 2.05) is 29.6 Å². The summed E-state index contributed by atoms with van der Waals surface area (Å²) in [5.74, 6) is 11.9. The Bertz CT molecular complexity index is 785. The van der Waals surface area contributed by atoms with Crippen LogP contribution in [0.25, 0.3) is 0 Å². The van der Waals surface area contributed by atoms with Gasteiger partial charge < -0.3 is 21.2 Å². The molecule has 0 spiro atoms. The molecule has 0 aliphatic carbocycles. The minimum absolute atomic E-state index is 0.347. The van der Waals surface area contributed by atoms with Crippen molar-refractivity contribution in [1.29, 1.82) is 0 Å². The summed E-state index contributed by atoms with van der Waals surface area (Å²) in [5, 5.41) is 7.80. The van der Waals surface area contributed by atoms with Crippen LogP contribution >= 0.6 is 11.3 Å². The van der Waals surface area contributed by atoms with Gasteiger partial charge >= 0.3 is 6.03 Å². The van der Waals surface area contributed by atoms with Crippen molar-refractivity contribution in [3.8, 4) is 5.75 Å². The molecule has 9 nitrogen and oxygen atoms in total. The van der Waals surface area contributed by atoms with Gasteiger partial charge in [0.1, 0.15) is 18.7 Å². The fraction of sp³-hybridized carbons (Fsp3) is 0.353. The van der Waals surface area contributed by atoms with Crippen LogP contribution in [0.15, 0.2) is 34.7 Å². The number of rotatable bonds is 6. The molecule has 0 bridgehead atoms. The van der Waals surface area contributed by atoms with Crippen LogP contribution in [-0.2, 0) is 6.61 Å². The van der Waals surface area contributed by atoms with Gasteiger partial charge in [0.15, 0.2) is 0 Å². The zero-order valence-electron chi connectivity index (χ0n) is 14.8. The van der Waals surface area contributed by atoms with Crippen molar-refractivity contribution >= 4 is 29.4 Å². The number of hydrogen-bond acceptors (Lipinski definition) is 7. The molecule has 6 N–H and O–H groups in total. The Kier molecular flexibility index (Phi) is 6.09. The zero-order chi connectivity index (χ0) is 19.2. The van der Waals surface area contributed by atoms with Crippen molar-refractivity contribution in [1.82, 2.24) is 9.88 Å². The molecule has 1 aliphatic heterocycles. The third-order valence-electron chi connectivity index (χ3n) is 4.44. The standard InChI is InChI=1S/C17H23N7O2S/c18-17(25)23-7-5-12(6-8-23)16-22-13(10-27-16)9-26-15-3-1-14(2-4-15)24(20)11-21-19/h1-4,10-12H,5-9,19-20H2,(H2,18,25)/b21-11-. The van der Waals surface area contributed by atoms with Gasteiger partial charge in [-0.2, -0.15) is 5.10 Å². The molecule has 144 valence electrons. The molecular weight excluding hydrogens is 366 g/mol. The molecule has 2 aromatic rings. The van der Waals surface area contributed by atoms with E-state index >= 15 is 0 Å². The summed E-state index contributed by atoms with van der Waals surface area (Å²) in [7, 11) is 0. The SMILES string of the molecule is N/N=C\N(N)c1ccc(OCc2csc(C3CCN(C(N)=O)CC3)n2)cc1. The number of hydrazine groups is 1. The van der Waals surface area contributed by atoms with E-state index in [4.69, 9.17) is 22.2 Å². The van der Waals surface area contributed by atoms with Crippen LogP contribution in [0.5, 0.6) is 5.75 Å². The average molecular weight is 389 g/mol. The largest absolute Gasteiger partial charge is 0.487 e. The van der Waals surface area contributed by atoms with Gasteiger partial charge in [0.25, 0.3) is 0 Å². The Balaban J connectivity index is 1.52. The highest BCUT2D eigenvalue weighted by Gasteiger charge is 2.24. The topological polar surface area (TPSA) is 136 Å². The van der Waals surface area contributed by atoms with Gasteiger partial charge in [0, 0.05) is 24.4 Å². The number of hydrazone groups is 1. The molecule has 1 saturated heterocycles. The number of anilines is 1. The summed E-state index contributed by atoms with van der Waals surface area (Å²) >= 11 is 1.64. The number of carbonyl (C=O) groups is 1. The van der Waals surface area contributed by atoms with Gasteiger partial charge in [-0.25, -0.2) is 15.6 Å². The molecule has 0 atom stereocenters. The number of likely N-dealkylation sites (tertiary alicyclic amines) is 1. The van der Waals surface area contributed by atoms with Crippen molar-refractivity contribution in [3.63, 3.8) is 0 Å². The zero-order valence-corrected chi connectivity index (χ0v) is 15.6. The van der Waals surface area contributed by atoms with Gasteiger partial charge in [0.05, 0.1) is 16.4 Å². The predicted molar refractivity (Wildman–Crippen MR) is 105 cm³/mol. The second kappa shape index (κ2) is 8.69. The molecule has 1 fully saturated rings. The van der Waals surface area contributed by atoms with Crippen molar-refractivity contribution in [2.45, 2.75) is 25.4 Å². The molecule has 10 heteroatoms. The van der Waals surface area contributed by atoms with Crippen LogP contribution in [0.1, 0.15) is 29.5 Å². The van der Waals surface area contributed by atoms with Crippen LogP contribution in [0, 0.1) is 0 Å². The Morgan fingerprint density at radius 2 is 2.07 bits per heavy atom. The van der Waals surface area contributed by atoms with Crippen LogP contribution in [0.2, 0.25) is 0 Å². The second-order valence-electron chi connectivity index (χ2n) is 6.23. The van der Waals surface area contributed by atoms with Crippen molar-refractivity contribution in [2.24, 2.45) is 22.5 Å². The number of carbonyl (C=O) groups excluding carboxylic acids is 1. The fourth-order valence-corrected chi connectivity index (χ4v) is 3.91. The molecule has 1 aromatic heterocycles. The van der Waals surface area contributed by atoms with Crippen LogP contribution in [0.4, 0.5) is 10.5 Å². The lowest BCUT2D eigenvalue weighted by molar-refractivity contribution is 0.190. The third-order valence-corrected chi connectivity index (χ3v) is 5.49. The maximum Gasteiger partial charge on any atom is 0.314 e. The molecule has 0 unspecified atom stereocenters. The molecule has 2 heterocycles. The summed E-state index contributed by atoms with van der Waals surface area (Å²) in [6, 6.07) is 6.94. The maximum absolute atomic E-state index is 11.2. The first kappa shape index (κ1) is 18.9. The maximum atomic E-state index is 11.2. The third kappa shape index (κ3) is 4.86. The highest BCUT2D eigenvalue weighted by Crippen LogP contribution is 2.30. The van der Waals surface area contributed by atoms with E-state index in [9.17, 15) is 4.79 Å². The summed E-state index contributed by atoms with van der Waals surface area (Å²) in [6.45, 7) is 1.77. The van der Waals surface area contributed by atoms with E-state index in [-0.39, 0.29) is 6.03 Å². The first-order valence-corrected chi connectivity index (χ1v) is 9.43. The Labute approximate surface area is 161 Å². The molecule has 1 aliphatic rings. The number of primary amides is 1. The monoisotopic (exact) mass is 389 g/mol. The number of nitrogens with zero attached hydrogens (tertiary/aromatic N) is 4. The average Bonchev–Trinajstić information content (AvgIpc) is 3.16. The van der Waals surface area contributed by atoms with E-state index in [0.717, 1.165) is 35.0 Å². The lowest BCUT2D eigenvalue weighted by atomic mass is 9.98. The molecule has 1 aromatic carbocycles. The van der Waals surface area contributed by atoms with E-state index in [2.05, 4.69) is 10.1 Å². The summed E-state index contributed by atoms with van der Waals surface area (Å²) < 4.78 is 5.79. The van der Waals surface area contributed by atoms with Crippen molar-refractivity contribution in [2.75, 3.05) is 18.1 Å². The number of ether oxygens (including phenoxy) is 1. The van der Waals surface area contributed by atoms with Gasteiger partial charge in [-0.3, -0.25) is 5.01 Å². The Morgan fingerprint density at radius 1 is 1.37 bits per heavy atom. The summed E-state index contributed by atoms with van der Waals surface area (Å²) in [6.07, 6.45) is 3.10. The Hall–Kier alpha value is -2.85. The number of amides is 2. The van der Waals surface area contributed by atoms with Gasteiger partial charge in [-0.05, 0) is 37.1 Å². The number of nitrogens with two attached hydrogens (primary N) is 3. The normalized spacial score (nSPS) is 15.2. The van der Waals surface area contributed by atoms with Crippen molar-refractivity contribution < 1.29 is 9.53 Å². The minimum atomic E-state index is -0.347. The highest BCUT2D eigenvalue weighted by atomic mass is 32.1. The van der Waals surface area contributed by atoms with Crippen LogP contribution < -0.4 is 27.2 Å². The van der Waals surface area contributed by atoms with Crippen LogP contribution in [-0.4, -0.2) is 35.3 Å². The lowest BCUT2D eigenvalue weighted by Gasteiger charge is -2.29. The molecule has 3 rings (SSSR count). The van der Waals surface area contributed by atoms with E-state index in [1.54, 1.807) is 16.2 Å². The predicted octanol–water partition coefficient (Wildman–Crippen LogP) is 1.56. The molecule has 0 radical (unpaired) electrons. The number of piperidine rings is 1. The number of urea groups is 1. The smallest absolute Gasteiger partial charge is 0.314 e. The second-order valence-corrected chi connectivity index (χ2v) is 7.12. The minimum Gasteiger partial charge on any atom is -0.487 e. The lowest BCUT2D eigenvalue weighted by Crippen LogP contribution is -2.41.